The van der Waals surface area contributed by atoms with Gasteiger partial charge in [-0.2, -0.15) is 0 Å². The van der Waals surface area contributed by atoms with E-state index in [9.17, 15) is 9.59 Å². The van der Waals surface area contributed by atoms with Gasteiger partial charge in [-0.25, -0.2) is 0 Å². The van der Waals surface area contributed by atoms with Crippen molar-refractivity contribution in [2.75, 3.05) is 43.9 Å². The van der Waals surface area contributed by atoms with Crippen molar-refractivity contribution in [2.24, 2.45) is 0 Å². The highest BCUT2D eigenvalue weighted by Crippen LogP contribution is 2.39. The molecular weight excluding hydrogens is 510 g/mol. The van der Waals surface area contributed by atoms with Crippen molar-refractivity contribution in [2.45, 2.75) is 6.42 Å². The zero-order chi connectivity index (χ0) is 26.9. The molecule has 0 spiro atoms. The number of halogens is 1. The highest BCUT2D eigenvalue weighted by molar-refractivity contribution is 6.38. The fourth-order valence-electron chi connectivity index (χ4n) is 5.09. The highest BCUT2D eigenvalue weighted by Gasteiger charge is 2.29. The van der Waals surface area contributed by atoms with Gasteiger partial charge in [0.2, 0.25) is 5.91 Å². The Balaban J connectivity index is 1.32. The van der Waals surface area contributed by atoms with Crippen LogP contribution in [0.5, 0.6) is 0 Å². The van der Waals surface area contributed by atoms with Crippen LogP contribution in [0.3, 0.4) is 0 Å². The average Bonchev–Trinajstić information content (AvgIpc) is 3.27. The summed E-state index contributed by atoms with van der Waals surface area (Å²) in [5.41, 5.74) is 6.09. The molecule has 196 valence electrons. The molecule has 0 unspecified atom stereocenters. The minimum absolute atomic E-state index is 0.146. The monoisotopic (exact) mass is 537 g/mol. The second kappa shape index (κ2) is 10.5. The van der Waals surface area contributed by atoms with E-state index in [1.54, 1.807) is 18.3 Å². The van der Waals surface area contributed by atoms with Gasteiger partial charge >= 0.3 is 0 Å². The molecule has 0 saturated carbocycles. The molecule has 0 radical (unpaired) electrons. The molecule has 0 aliphatic carbocycles. The van der Waals surface area contributed by atoms with E-state index >= 15 is 0 Å². The zero-order valence-corrected chi connectivity index (χ0v) is 22.3. The third kappa shape index (κ3) is 5.24. The van der Waals surface area contributed by atoms with Crippen LogP contribution in [-0.4, -0.2) is 59.8 Å². The quantitative estimate of drug-likeness (QED) is 0.345. The molecule has 2 amide bonds. The minimum Gasteiger partial charge on any atom is -0.354 e. The number of piperazine rings is 1. The topological polar surface area (TPSA) is 77.6 Å². The van der Waals surface area contributed by atoms with E-state index < -0.39 is 0 Å². The maximum Gasteiger partial charge on any atom is 0.258 e. The molecule has 2 aliphatic rings. The Morgan fingerprint density at radius 3 is 2.59 bits per heavy atom. The van der Waals surface area contributed by atoms with Gasteiger partial charge in [-0.3, -0.25) is 14.6 Å². The molecule has 2 aliphatic heterocycles. The number of aromatic nitrogens is 1. The van der Waals surface area contributed by atoms with Crippen LogP contribution in [-0.2, 0) is 16.0 Å². The van der Waals surface area contributed by atoms with Crippen LogP contribution in [0.15, 0.2) is 79.0 Å². The molecule has 7 nitrogen and oxygen atoms in total. The van der Waals surface area contributed by atoms with Crippen molar-refractivity contribution in [1.82, 2.24) is 14.8 Å². The number of hydrogen-bond donors (Lipinski definition) is 2. The van der Waals surface area contributed by atoms with Gasteiger partial charge in [-0.15, -0.1) is 0 Å². The lowest BCUT2D eigenvalue weighted by atomic mass is 9.99. The number of nitrogens with one attached hydrogen (secondary N) is 2. The van der Waals surface area contributed by atoms with Crippen LogP contribution >= 0.6 is 11.6 Å². The summed E-state index contributed by atoms with van der Waals surface area (Å²) < 4.78 is 0. The van der Waals surface area contributed by atoms with Crippen molar-refractivity contribution in [3.05, 3.63) is 101 Å². The normalized spacial score (nSPS) is 16.7. The number of fused-ring (bicyclic) bond motifs is 2. The van der Waals surface area contributed by atoms with E-state index in [4.69, 9.17) is 11.6 Å². The first-order valence-electron chi connectivity index (χ1n) is 13.0. The van der Waals surface area contributed by atoms with Gasteiger partial charge in [0.25, 0.3) is 5.91 Å². The molecule has 1 fully saturated rings. The molecule has 39 heavy (non-hydrogen) atoms. The Morgan fingerprint density at radius 1 is 1.00 bits per heavy atom. The van der Waals surface area contributed by atoms with E-state index in [1.165, 1.54) is 0 Å². The molecule has 3 heterocycles. The van der Waals surface area contributed by atoms with Crippen LogP contribution in [0.4, 0.5) is 11.4 Å². The molecule has 3 aromatic carbocycles. The Morgan fingerprint density at radius 2 is 1.79 bits per heavy atom. The van der Waals surface area contributed by atoms with Crippen molar-refractivity contribution < 1.29 is 9.59 Å². The lowest BCUT2D eigenvalue weighted by Crippen LogP contribution is -2.47. The van der Waals surface area contributed by atoms with Crippen LogP contribution in [0.1, 0.15) is 16.7 Å². The molecule has 8 heteroatoms. The number of rotatable bonds is 5. The number of benzene rings is 3. The van der Waals surface area contributed by atoms with Gasteiger partial charge in [0.15, 0.2) is 0 Å². The maximum absolute atomic E-state index is 13.2. The number of likely N-dealkylation sites (N-methyl/N-ethyl adjacent to an activating group) is 1. The summed E-state index contributed by atoms with van der Waals surface area (Å²) in [4.78, 5) is 34.7. The third-order valence-corrected chi connectivity index (χ3v) is 7.54. The summed E-state index contributed by atoms with van der Waals surface area (Å²) in [5.74, 6) is -0.0570. The summed E-state index contributed by atoms with van der Waals surface area (Å²) in [5, 5.41) is 8.01. The predicted molar refractivity (Wildman–Crippen MR) is 156 cm³/mol. The van der Waals surface area contributed by atoms with Gasteiger partial charge in [0.05, 0.1) is 28.9 Å². The molecule has 4 aromatic rings. The molecule has 0 atom stereocenters. The van der Waals surface area contributed by atoms with E-state index in [-0.39, 0.29) is 11.8 Å². The largest absolute Gasteiger partial charge is 0.354 e. The summed E-state index contributed by atoms with van der Waals surface area (Å²) in [6, 6.07) is 23.1. The fraction of sp³-hybridized carbons (Fsp3) is 0.194. The van der Waals surface area contributed by atoms with Crippen LogP contribution in [0, 0.1) is 0 Å². The number of nitrogens with zero attached hydrogens (tertiary/aromatic N) is 3. The molecular formula is C31H28ClN5O2. The van der Waals surface area contributed by atoms with E-state index in [1.807, 2.05) is 65.6 Å². The Kier molecular flexibility index (Phi) is 6.77. The summed E-state index contributed by atoms with van der Waals surface area (Å²) in [7, 11) is 2.08. The number of carbonyl (C=O) groups is 2. The molecule has 1 saturated heterocycles. The first-order valence-corrected chi connectivity index (χ1v) is 13.4. The summed E-state index contributed by atoms with van der Waals surface area (Å²) >= 11 is 6.20. The third-order valence-electron chi connectivity index (χ3n) is 7.31. The maximum atomic E-state index is 13.2. The first-order chi connectivity index (χ1) is 18.9. The van der Waals surface area contributed by atoms with Crippen LogP contribution < -0.4 is 10.6 Å². The SMILES string of the molecule is CN1CCN(C(=O)Cc2ccc(NC(=C3C(=O)Nc4cc(Cl)ccc43)c3ccc4cccnc4c3)cc2)CC1. The zero-order valence-electron chi connectivity index (χ0n) is 21.6. The first kappa shape index (κ1) is 25.1. The smallest absolute Gasteiger partial charge is 0.258 e. The summed E-state index contributed by atoms with van der Waals surface area (Å²) in [6.45, 7) is 3.33. The van der Waals surface area contributed by atoms with Gasteiger partial charge in [0.1, 0.15) is 0 Å². The van der Waals surface area contributed by atoms with Gasteiger partial charge in [-0.1, -0.05) is 48.0 Å². The molecule has 6 rings (SSSR count). The Hall–Kier alpha value is -4.20. The van der Waals surface area contributed by atoms with Crippen LogP contribution in [0.2, 0.25) is 5.02 Å². The van der Waals surface area contributed by atoms with E-state index in [0.717, 1.165) is 59.5 Å². The number of amides is 2. The molecule has 2 N–H and O–H groups in total. The van der Waals surface area contributed by atoms with Gasteiger partial charge in [0, 0.05) is 59.6 Å². The van der Waals surface area contributed by atoms with Crippen LogP contribution in [0.25, 0.3) is 22.2 Å². The molecule has 1 aromatic heterocycles. The Labute approximate surface area is 232 Å². The van der Waals surface area contributed by atoms with Crippen molar-refractivity contribution in [3.8, 4) is 0 Å². The highest BCUT2D eigenvalue weighted by atomic mass is 35.5. The Bertz CT molecular complexity index is 1610. The average molecular weight is 538 g/mol. The second-order valence-corrected chi connectivity index (χ2v) is 10.4. The van der Waals surface area contributed by atoms with Crippen molar-refractivity contribution >= 4 is 57.0 Å². The van der Waals surface area contributed by atoms with E-state index in [2.05, 4.69) is 27.6 Å². The van der Waals surface area contributed by atoms with Gasteiger partial charge < -0.3 is 20.4 Å². The predicted octanol–water partition coefficient (Wildman–Crippen LogP) is 5.14. The summed E-state index contributed by atoms with van der Waals surface area (Å²) in [6.07, 6.45) is 2.12. The van der Waals surface area contributed by atoms with Crippen molar-refractivity contribution in [1.29, 1.82) is 0 Å². The number of anilines is 2. The number of carbonyl (C=O) groups excluding carboxylic acids is 2. The second-order valence-electron chi connectivity index (χ2n) is 9.99. The van der Waals surface area contributed by atoms with Gasteiger partial charge in [-0.05, 0) is 49.0 Å². The lowest BCUT2D eigenvalue weighted by Gasteiger charge is -2.32. The lowest BCUT2D eigenvalue weighted by molar-refractivity contribution is -0.132. The van der Waals surface area contributed by atoms with E-state index in [0.29, 0.717) is 28.4 Å². The number of pyridine rings is 1. The number of hydrogen-bond acceptors (Lipinski definition) is 5. The molecule has 0 bridgehead atoms. The fourth-order valence-corrected chi connectivity index (χ4v) is 5.26. The van der Waals surface area contributed by atoms with Crippen molar-refractivity contribution in [3.63, 3.8) is 0 Å². The minimum atomic E-state index is -0.203. The standard InChI is InChI=1S/C31H28ClN5O2/c1-36-13-15-37(16-14-36)28(38)17-20-4-9-24(10-5-20)34-30(22-7-6-21-3-2-12-33-26(21)18-22)29-25-11-8-23(32)19-27(25)35-31(29)39/h2-12,18-19,34H,13-17H2,1H3,(H,35,39).